The maximum absolute atomic E-state index is 12.8. The van der Waals surface area contributed by atoms with Gasteiger partial charge in [0.2, 0.25) is 0 Å². The third-order valence-corrected chi connectivity index (χ3v) is 2.45. The third kappa shape index (κ3) is 3.60. The number of carboxylic acid groups (broad SMARTS) is 1. The zero-order valence-corrected chi connectivity index (χ0v) is 10.7. The first-order valence-corrected chi connectivity index (χ1v) is 5.36. The number of alkyl halides is 3. The number of halogens is 4. The summed E-state index contributed by atoms with van der Waals surface area (Å²) >= 11 is 5.69. The van der Waals surface area contributed by atoms with Crippen LogP contribution in [0.5, 0.6) is 0 Å². The number of rotatable bonds is 3. The summed E-state index contributed by atoms with van der Waals surface area (Å²) in [5.74, 6) is -1.42. The molecule has 0 fully saturated rings. The van der Waals surface area contributed by atoms with Gasteiger partial charge in [-0.15, -0.1) is 0 Å². The Hall–Kier alpha value is -1.76. The van der Waals surface area contributed by atoms with E-state index in [1.165, 1.54) is 4.90 Å². The van der Waals surface area contributed by atoms with Crippen LogP contribution in [0.4, 0.5) is 18.9 Å². The summed E-state index contributed by atoms with van der Waals surface area (Å²) < 4.78 is 38.4. The smallest absolute Gasteiger partial charge is 0.418 e. The maximum atomic E-state index is 12.8. The standard InChI is InChI=1S/C11H10ClF3N2O2/c1-17(2)5-16-9-7(11(13,14)15)4-3-6(8(9)12)10(18)19/h3-5H,1-2H3,(H,18,19). The summed E-state index contributed by atoms with van der Waals surface area (Å²) in [6.07, 6.45) is -3.55. The van der Waals surface area contributed by atoms with Crippen molar-refractivity contribution in [2.24, 2.45) is 4.99 Å². The van der Waals surface area contributed by atoms with E-state index in [4.69, 9.17) is 16.7 Å². The summed E-state index contributed by atoms with van der Waals surface area (Å²) in [5, 5.41) is 8.29. The first kappa shape index (κ1) is 15.3. The molecule has 19 heavy (non-hydrogen) atoms. The SMILES string of the molecule is CN(C)C=Nc1c(C(F)(F)F)ccc(C(=O)O)c1Cl. The van der Waals surface area contributed by atoms with E-state index in [9.17, 15) is 18.0 Å². The summed E-state index contributed by atoms with van der Waals surface area (Å²) in [6, 6.07) is 1.46. The molecule has 1 aromatic rings. The van der Waals surface area contributed by atoms with Crippen LogP contribution in [-0.2, 0) is 6.18 Å². The summed E-state index contributed by atoms with van der Waals surface area (Å²) in [6.45, 7) is 0. The molecule has 0 spiro atoms. The molecule has 1 aromatic carbocycles. The molecule has 0 aliphatic rings. The second-order valence-electron chi connectivity index (χ2n) is 3.83. The van der Waals surface area contributed by atoms with Crippen molar-refractivity contribution in [3.05, 3.63) is 28.3 Å². The maximum Gasteiger partial charge on any atom is 0.418 e. The van der Waals surface area contributed by atoms with Crippen molar-refractivity contribution in [3.8, 4) is 0 Å². The number of hydrogen-bond donors (Lipinski definition) is 1. The van der Waals surface area contributed by atoms with Gasteiger partial charge in [-0.3, -0.25) is 0 Å². The van der Waals surface area contributed by atoms with Gasteiger partial charge in [0.05, 0.1) is 28.2 Å². The molecule has 0 radical (unpaired) electrons. The molecule has 0 atom stereocenters. The summed E-state index contributed by atoms with van der Waals surface area (Å²) in [4.78, 5) is 15.9. The molecule has 0 aromatic heterocycles. The van der Waals surface area contributed by atoms with Gasteiger partial charge in [-0.05, 0) is 12.1 Å². The van der Waals surface area contributed by atoms with Crippen LogP contribution in [0.2, 0.25) is 5.02 Å². The highest BCUT2D eigenvalue weighted by molar-refractivity contribution is 6.36. The van der Waals surface area contributed by atoms with Gasteiger partial charge in [0.1, 0.15) is 0 Å². The van der Waals surface area contributed by atoms with Gasteiger partial charge in [0.25, 0.3) is 0 Å². The fraction of sp³-hybridized carbons (Fsp3) is 0.273. The van der Waals surface area contributed by atoms with Gasteiger partial charge in [0.15, 0.2) is 0 Å². The molecule has 0 aliphatic carbocycles. The molecule has 0 amide bonds. The molecule has 0 bridgehead atoms. The quantitative estimate of drug-likeness (QED) is 0.687. The van der Waals surface area contributed by atoms with Gasteiger partial charge in [-0.25, -0.2) is 9.79 Å². The van der Waals surface area contributed by atoms with Crippen molar-refractivity contribution in [2.75, 3.05) is 14.1 Å². The van der Waals surface area contributed by atoms with Crippen LogP contribution >= 0.6 is 11.6 Å². The van der Waals surface area contributed by atoms with Gasteiger partial charge in [-0.1, -0.05) is 11.6 Å². The van der Waals surface area contributed by atoms with Gasteiger partial charge in [-0.2, -0.15) is 13.2 Å². The van der Waals surface area contributed by atoms with E-state index >= 15 is 0 Å². The number of benzene rings is 1. The van der Waals surface area contributed by atoms with Crippen LogP contribution in [0, 0.1) is 0 Å². The third-order valence-electron chi connectivity index (χ3n) is 2.07. The fourth-order valence-corrected chi connectivity index (χ4v) is 1.55. The lowest BCUT2D eigenvalue weighted by molar-refractivity contribution is -0.137. The van der Waals surface area contributed by atoms with Crippen molar-refractivity contribution in [1.82, 2.24) is 4.90 Å². The lowest BCUT2D eigenvalue weighted by Gasteiger charge is -2.13. The minimum absolute atomic E-state index is 0.430. The predicted octanol–water partition coefficient (Wildman–Crippen LogP) is 3.28. The van der Waals surface area contributed by atoms with Crippen molar-refractivity contribution >= 4 is 29.6 Å². The Balaban J connectivity index is 3.51. The van der Waals surface area contributed by atoms with Crippen LogP contribution in [-0.4, -0.2) is 36.4 Å². The van der Waals surface area contributed by atoms with E-state index in [1.54, 1.807) is 14.1 Å². The molecular weight excluding hydrogens is 285 g/mol. The minimum atomic E-state index is -4.67. The second kappa shape index (κ2) is 5.48. The average Bonchev–Trinajstić information content (AvgIpc) is 2.24. The summed E-state index contributed by atoms with van der Waals surface area (Å²) in [7, 11) is 3.12. The largest absolute Gasteiger partial charge is 0.478 e. The van der Waals surface area contributed by atoms with Crippen LogP contribution in [0.25, 0.3) is 0 Å². The average molecular weight is 295 g/mol. The molecule has 0 aliphatic heterocycles. The molecule has 104 valence electrons. The molecule has 8 heteroatoms. The van der Waals surface area contributed by atoms with Crippen LogP contribution in [0.3, 0.4) is 0 Å². The van der Waals surface area contributed by atoms with E-state index in [1.807, 2.05) is 0 Å². The topological polar surface area (TPSA) is 52.9 Å². The van der Waals surface area contributed by atoms with Crippen molar-refractivity contribution in [2.45, 2.75) is 6.18 Å². The van der Waals surface area contributed by atoms with E-state index in [-0.39, 0.29) is 0 Å². The molecule has 1 N–H and O–H groups in total. The fourth-order valence-electron chi connectivity index (χ4n) is 1.26. The van der Waals surface area contributed by atoms with Crippen molar-refractivity contribution < 1.29 is 23.1 Å². The van der Waals surface area contributed by atoms with Crippen molar-refractivity contribution in [1.29, 1.82) is 0 Å². The monoisotopic (exact) mass is 294 g/mol. The van der Waals surface area contributed by atoms with Crippen LogP contribution in [0.1, 0.15) is 15.9 Å². The van der Waals surface area contributed by atoms with Crippen LogP contribution in [0.15, 0.2) is 17.1 Å². The van der Waals surface area contributed by atoms with E-state index in [2.05, 4.69) is 4.99 Å². The zero-order valence-electron chi connectivity index (χ0n) is 9.99. The number of carboxylic acids is 1. The predicted molar refractivity (Wildman–Crippen MR) is 65.3 cm³/mol. The zero-order chi connectivity index (χ0) is 14.8. The Labute approximate surface area is 112 Å². The first-order chi connectivity index (χ1) is 8.64. The number of hydrogen-bond acceptors (Lipinski definition) is 2. The van der Waals surface area contributed by atoms with Crippen molar-refractivity contribution in [3.63, 3.8) is 0 Å². The molecular formula is C11H10ClF3N2O2. The lowest BCUT2D eigenvalue weighted by Crippen LogP contribution is -2.10. The van der Waals surface area contributed by atoms with E-state index < -0.39 is 34.0 Å². The normalized spacial score (nSPS) is 11.9. The Bertz CT molecular complexity index is 527. The Morgan fingerprint density at radius 1 is 1.42 bits per heavy atom. The molecule has 0 unspecified atom stereocenters. The first-order valence-electron chi connectivity index (χ1n) is 4.98. The number of nitrogens with zero attached hydrogens (tertiary/aromatic N) is 2. The van der Waals surface area contributed by atoms with Crippen LogP contribution < -0.4 is 0 Å². The lowest BCUT2D eigenvalue weighted by atomic mass is 10.1. The molecule has 0 saturated heterocycles. The highest BCUT2D eigenvalue weighted by atomic mass is 35.5. The summed E-state index contributed by atoms with van der Waals surface area (Å²) in [5.41, 5.74) is -2.12. The molecule has 0 heterocycles. The Morgan fingerprint density at radius 3 is 2.42 bits per heavy atom. The van der Waals surface area contributed by atoms with E-state index in [0.29, 0.717) is 6.07 Å². The Kier molecular flexibility index (Phi) is 4.41. The Morgan fingerprint density at radius 2 is 2.00 bits per heavy atom. The minimum Gasteiger partial charge on any atom is -0.478 e. The van der Waals surface area contributed by atoms with Gasteiger partial charge < -0.3 is 10.0 Å². The van der Waals surface area contributed by atoms with Gasteiger partial charge >= 0.3 is 12.1 Å². The number of aromatic carboxylic acids is 1. The molecule has 0 saturated carbocycles. The second-order valence-corrected chi connectivity index (χ2v) is 4.21. The molecule has 4 nitrogen and oxygen atoms in total. The highest BCUT2D eigenvalue weighted by Gasteiger charge is 2.35. The molecule has 1 rings (SSSR count). The highest BCUT2D eigenvalue weighted by Crippen LogP contribution is 2.41. The van der Waals surface area contributed by atoms with Gasteiger partial charge in [0, 0.05) is 14.1 Å². The van der Waals surface area contributed by atoms with E-state index in [0.717, 1.165) is 12.4 Å². The number of carbonyl (C=O) groups is 1. The number of aliphatic imine (C=N–C) groups is 1.